The minimum absolute atomic E-state index is 0.222. The molecule has 0 aliphatic carbocycles. The van der Waals surface area contributed by atoms with Crippen molar-refractivity contribution in [3.63, 3.8) is 0 Å². The van der Waals surface area contributed by atoms with Crippen molar-refractivity contribution in [3.8, 4) is 34.4 Å². The minimum Gasteiger partial charge on any atom is -0.507 e. The zero-order valence-electron chi connectivity index (χ0n) is 25.4. The predicted octanol–water partition coefficient (Wildman–Crippen LogP) is 9.90. The van der Waals surface area contributed by atoms with E-state index >= 15 is 0 Å². The number of aliphatic imine (C=N–C) groups is 1. The lowest BCUT2D eigenvalue weighted by molar-refractivity contribution is 0.296. The highest BCUT2D eigenvalue weighted by atomic mass is 16.5. The summed E-state index contributed by atoms with van der Waals surface area (Å²) in [6.45, 7) is 4.44. The smallest absolute Gasteiger partial charge is 0.128 e. The van der Waals surface area contributed by atoms with Gasteiger partial charge in [-0.25, -0.2) is 0 Å². The number of phenolic OH excluding ortho intramolecular Hbond substituents is 1. The third kappa shape index (κ3) is 12.8. The van der Waals surface area contributed by atoms with Crippen molar-refractivity contribution in [2.45, 2.75) is 90.4 Å². The average Bonchev–Trinajstić information content (AvgIpc) is 3.02. The average molecular weight is 569 g/mol. The number of phenols is 1. The van der Waals surface area contributed by atoms with Crippen molar-refractivity contribution in [1.29, 1.82) is 5.26 Å². The Balaban J connectivity index is 1.18. The van der Waals surface area contributed by atoms with E-state index in [9.17, 15) is 5.11 Å². The molecule has 0 amide bonds. The molecule has 3 rings (SSSR count). The number of hydrogen-bond acceptors (Lipinski definition) is 5. The second-order valence-electron chi connectivity index (χ2n) is 10.9. The van der Waals surface area contributed by atoms with Crippen LogP contribution >= 0.6 is 0 Å². The number of unbranched alkanes of at least 4 members (excludes halogenated alkanes) is 11. The normalized spacial score (nSPS) is 11.0. The lowest BCUT2D eigenvalue weighted by atomic mass is 10.0. The van der Waals surface area contributed by atoms with Crippen LogP contribution in [-0.4, -0.2) is 31.1 Å². The molecule has 0 radical (unpaired) electrons. The molecule has 0 aliphatic rings. The fraction of sp³-hybridized carbons (Fsp3) is 0.459. The van der Waals surface area contributed by atoms with Gasteiger partial charge >= 0.3 is 0 Å². The van der Waals surface area contributed by atoms with Crippen LogP contribution in [0.2, 0.25) is 0 Å². The zero-order valence-corrected chi connectivity index (χ0v) is 25.4. The number of nitrogens with zero attached hydrogens (tertiary/aromatic N) is 2. The molecular weight excluding hydrogens is 520 g/mol. The molecule has 0 aromatic heterocycles. The lowest BCUT2D eigenvalue weighted by Crippen LogP contribution is -1.99. The molecule has 3 aromatic rings. The van der Waals surface area contributed by atoms with E-state index in [1.807, 2.05) is 48.5 Å². The van der Waals surface area contributed by atoms with Crippen LogP contribution in [0.25, 0.3) is 11.1 Å². The Morgan fingerprint density at radius 1 is 0.667 bits per heavy atom. The molecule has 3 aromatic carbocycles. The van der Waals surface area contributed by atoms with Crippen LogP contribution in [0.15, 0.2) is 71.7 Å². The standard InChI is InChI=1S/C37H48N2O3/c1-2-3-4-5-6-9-12-25-39-30-34-21-24-36(28-37(34)40)42-27-14-11-8-7-10-13-26-41-35-22-19-33(20-23-35)32-17-15-31(29-38)16-18-32/h15-24,28,30,40H,2-14,25-27H2,1H3. The molecule has 0 spiro atoms. The van der Waals surface area contributed by atoms with Crippen molar-refractivity contribution in [2.75, 3.05) is 19.8 Å². The molecule has 0 saturated heterocycles. The zero-order chi connectivity index (χ0) is 29.7. The van der Waals surface area contributed by atoms with Gasteiger partial charge in [-0.2, -0.15) is 5.26 Å². The van der Waals surface area contributed by atoms with Gasteiger partial charge in [-0.1, -0.05) is 95.4 Å². The second kappa shape index (κ2) is 20.2. The van der Waals surface area contributed by atoms with Crippen LogP contribution in [0, 0.1) is 11.3 Å². The van der Waals surface area contributed by atoms with Gasteiger partial charge in [0.25, 0.3) is 0 Å². The summed E-state index contributed by atoms with van der Waals surface area (Å²) in [6, 6.07) is 23.4. The number of ether oxygens (including phenoxy) is 2. The quantitative estimate of drug-likeness (QED) is 0.102. The predicted molar refractivity (Wildman–Crippen MR) is 174 cm³/mol. The van der Waals surface area contributed by atoms with E-state index in [-0.39, 0.29) is 5.75 Å². The molecular formula is C37H48N2O3. The van der Waals surface area contributed by atoms with Crippen molar-refractivity contribution < 1.29 is 14.6 Å². The summed E-state index contributed by atoms with van der Waals surface area (Å²) in [4.78, 5) is 4.48. The van der Waals surface area contributed by atoms with E-state index in [2.05, 4.69) is 30.1 Å². The van der Waals surface area contributed by atoms with Gasteiger partial charge in [0.05, 0.1) is 24.8 Å². The van der Waals surface area contributed by atoms with Crippen LogP contribution in [0.3, 0.4) is 0 Å². The summed E-state index contributed by atoms with van der Waals surface area (Å²) < 4.78 is 11.7. The SMILES string of the molecule is CCCCCCCCCN=Cc1ccc(OCCCCCCCCOc2ccc(-c3ccc(C#N)cc3)cc2)cc1O. The molecule has 0 bridgehead atoms. The molecule has 1 N–H and O–H groups in total. The Morgan fingerprint density at radius 3 is 1.79 bits per heavy atom. The summed E-state index contributed by atoms with van der Waals surface area (Å²) in [7, 11) is 0. The van der Waals surface area contributed by atoms with Crippen LogP contribution in [0.1, 0.15) is 102 Å². The first kappa shape index (κ1) is 32.7. The number of benzene rings is 3. The number of hydrogen-bond donors (Lipinski definition) is 1. The van der Waals surface area contributed by atoms with Crippen LogP contribution in [0.5, 0.6) is 17.2 Å². The van der Waals surface area contributed by atoms with Crippen LogP contribution in [0.4, 0.5) is 0 Å². The fourth-order valence-corrected chi connectivity index (χ4v) is 4.82. The van der Waals surface area contributed by atoms with Gasteiger partial charge in [0.2, 0.25) is 0 Å². The molecule has 5 nitrogen and oxygen atoms in total. The van der Waals surface area contributed by atoms with Gasteiger partial charge in [-0.05, 0) is 66.8 Å². The Kier molecular flexibility index (Phi) is 15.7. The Labute approximate surface area is 253 Å². The molecule has 0 heterocycles. The first-order chi connectivity index (χ1) is 20.7. The molecule has 0 unspecified atom stereocenters. The van der Waals surface area contributed by atoms with E-state index in [4.69, 9.17) is 14.7 Å². The molecule has 42 heavy (non-hydrogen) atoms. The first-order valence-electron chi connectivity index (χ1n) is 15.9. The monoisotopic (exact) mass is 568 g/mol. The highest BCUT2D eigenvalue weighted by molar-refractivity contribution is 5.83. The minimum atomic E-state index is 0.222. The van der Waals surface area contributed by atoms with Gasteiger partial charge in [0.1, 0.15) is 17.2 Å². The number of nitriles is 1. The Hall–Kier alpha value is -3.78. The van der Waals surface area contributed by atoms with Gasteiger partial charge in [0.15, 0.2) is 0 Å². The topological polar surface area (TPSA) is 74.8 Å². The third-order valence-corrected chi connectivity index (χ3v) is 7.40. The summed E-state index contributed by atoms with van der Waals surface area (Å²) in [5.74, 6) is 1.82. The van der Waals surface area contributed by atoms with Crippen molar-refractivity contribution in [2.24, 2.45) is 4.99 Å². The van der Waals surface area contributed by atoms with E-state index < -0.39 is 0 Å². The van der Waals surface area contributed by atoms with Gasteiger partial charge in [-0.3, -0.25) is 4.99 Å². The van der Waals surface area contributed by atoms with Gasteiger partial charge < -0.3 is 14.6 Å². The summed E-state index contributed by atoms with van der Waals surface area (Å²) >= 11 is 0. The van der Waals surface area contributed by atoms with Crippen LogP contribution in [-0.2, 0) is 0 Å². The van der Waals surface area contributed by atoms with Crippen molar-refractivity contribution >= 4 is 6.21 Å². The molecule has 0 aliphatic heterocycles. The second-order valence-corrected chi connectivity index (χ2v) is 10.9. The summed E-state index contributed by atoms with van der Waals surface area (Å²) in [6.07, 6.45) is 17.4. The Bertz CT molecular complexity index is 1210. The third-order valence-electron chi connectivity index (χ3n) is 7.40. The van der Waals surface area contributed by atoms with E-state index in [1.54, 1.807) is 12.3 Å². The molecule has 0 atom stereocenters. The maximum atomic E-state index is 10.3. The summed E-state index contributed by atoms with van der Waals surface area (Å²) in [5, 5.41) is 19.3. The summed E-state index contributed by atoms with van der Waals surface area (Å²) in [5.41, 5.74) is 3.62. The van der Waals surface area contributed by atoms with E-state index in [1.165, 1.54) is 51.4 Å². The van der Waals surface area contributed by atoms with E-state index in [0.29, 0.717) is 17.9 Å². The maximum absolute atomic E-state index is 10.3. The highest BCUT2D eigenvalue weighted by Crippen LogP contribution is 2.24. The Morgan fingerprint density at radius 2 is 1.19 bits per heavy atom. The first-order valence-corrected chi connectivity index (χ1v) is 15.9. The highest BCUT2D eigenvalue weighted by Gasteiger charge is 2.03. The molecule has 0 fully saturated rings. The van der Waals surface area contributed by atoms with Gasteiger partial charge in [-0.15, -0.1) is 0 Å². The van der Waals surface area contributed by atoms with Gasteiger partial charge in [0, 0.05) is 24.4 Å². The number of aromatic hydroxyl groups is 1. The van der Waals surface area contributed by atoms with Crippen molar-refractivity contribution in [1.82, 2.24) is 0 Å². The largest absolute Gasteiger partial charge is 0.507 e. The van der Waals surface area contributed by atoms with Crippen LogP contribution < -0.4 is 9.47 Å². The molecule has 224 valence electrons. The number of rotatable bonds is 21. The molecule has 5 heteroatoms. The van der Waals surface area contributed by atoms with E-state index in [0.717, 1.165) is 67.7 Å². The maximum Gasteiger partial charge on any atom is 0.128 e. The molecule has 0 saturated carbocycles. The van der Waals surface area contributed by atoms with Crippen molar-refractivity contribution in [3.05, 3.63) is 77.9 Å². The fourth-order valence-electron chi connectivity index (χ4n) is 4.82. The lowest BCUT2D eigenvalue weighted by Gasteiger charge is -2.09.